The molecule has 7 nitrogen and oxygen atoms in total. The molecule has 2 rings (SSSR count). The van der Waals surface area contributed by atoms with Crippen LogP contribution in [0.3, 0.4) is 0 Å². The number of carbonyl (C=O) groups excluding carboxylic acids is 1. The topological polar surface area (TPSA) is 111 Å². The van der Waals surface area contributed by atoms with E-state index >= 15 is 0 Å². The maximum absolute atomic E-state index is 11.7. The van der Waals surface area contributed by atoms with Gasteiger partial charge in [0.05, 0.1) is 16.0 Å². The zero-order valence-electron chi connectivity index (χ0n) is 10.1. The number of nitrogens with one attached hydrogen (secondary N) is 1. The molecule has 0 aliphatic rings. The predicted molar refractivity (Wildman–Crippen MR) is 76.9 cm³/mol. The van der Waals surface area contributed by atoms with E-state index in [-0.39, 0.29) is 10.9 Å². The number of rotatable bonds is 4. The minimum absolute atomic E-state index is 0.0244. The van der Waals surface area contributed by atoms with Crippen molar-refractivity contribution in [3.8, 4) is 0 Å². The number of nitro groups is 1. The van der Waals surface area contributed by atoms with Gasteiger partial charge in [-0.3, -0.25) is 14.9 Å². The summed E-state index contributed by atoms with van der Waals surface area (Å²) in [7, 11) is 0. The van der Waals surface area contributed by atoms with Gasteiger partial charge in [-0.2, -0.15) is 5.10 Å². The molecule has 0 saturated heterocycles. The Morgan fingerprint density at radius 1 is 1.30 bits per heavy atom. The van der Waals surface area contributed by atoms with E-state index in [1.807, 2.05) is 0 Å². The van der Waals surface area contributed by atoms with Crippen LogP contribution >= 0.6 is 11.3 Å². The average Bonchev–Trinajstić information content (AvgIpc) is 2.88. The van der Waals surface area contributed by atoms with Crippen molar-refractivity contribution in [2.75, 3.05) is 5.73 Å². The van der Waals surface area contributed by atoms with Gasteiger partial charge < -0.3 is 5.73 Å². The highest BCUT2D eigenvalue weighted by Gasteiger charge is 2.08. The first kappa shape index (κ1) is 13.7. The van der Waals surface area contributed by atoms with Gasteiger partial charge in [0, 0.05) is 17.3 Å². The smallest absolute Gasteiger partial charge is 0.324 e. The Labute approximate surface area is 117 Å². The zero-order valence-corrected chi connectivity index (χ0v) is 11.0. The van der Waals surface area contributed by atoms with Crippen molar-refractivity contribution in [1.29, 1.82) is 0 Å². The Morgan fingerprint density at radius 2 is 2.00 bits per heavy atom. The number of nitrogen functional groups attached to an aromatic ring is 1. The zero-order chi connectivity index (χ0) is 14.5. The lowest BCUT2D eigenvalue weighted by Crippen LogP contribution is -2.17. The molecule has 3 N–H and O–H groups in total. The molecule has 8 heteroatoms. The van der Waals surface area contributed by atoms with Gasteiger partial charge in [0.15, 0.2) is 0 Å². The number of nitrogens with zero attached hydrogens (tertiary/aromatic N) is 2. The number of anilines is 1. The van der Waals surface area contributed by atoms with Crippen molar-refractivity contribution in [1.82, 2.24) is 5.43 Å². The molecule has 0 unspecified atom stereocenters. The van der Waals surface area contributed by atoms with Crippen LogP contribution < -0.4 is 11.2 Å². The van der Waals surface area contributed by atoms with E-state index in [0.717, 1.165) is 11.3 Å². The largest absolute Gasteiger partial charge is 0.399 e. The van der Waals surface area contributed by atoms with Gasteiger partial charge in [-0.15, -0.1) is 0 Å². The SMILES string of the molecule is Nc1ccc(C(=O)N/N=C/c2ccc([N+](=O)[O-])s2)cc1. The number of hydrogen-bond acceptors (Lipinski definition) is 6. The number of hydrogen-bond donors (Lipinski definition) is 2. The molecule has 0 bridgehead atoms. The summed E-state index contributed by atoms with van der Waals surface area (Å²) in [5.74, 6) is -0.382. The Kier molecular flexibility index (Phi) is 4.06. The summed E-state index contributed by atoms with van der Waals surface area (Å²) in [6, 6.07) is 9.32. The van der Waals surface area contributed by atoms with Gasteiger partial charge in [-0.1, -0.05) is 11.3 Å². The normalized spacial score (nSPS) is 10.6. The summed E-state index contributed by atoms with van der Waals surface area (Å²) < 4.78 is 0. The minimum atomic E-state index is -0.477. The van der Waals surface area contributed by atoms with E-state index in [1.165, 1.54) is 12.3 Å². The van der Waals surface area contributed by atoms with Crippen LogP contribution in [0, 0.1) is 10.1 Å². The molecule has 0 aliphatic heterocycles. The Morgan fingerprint density at radius 3 is 2.60 bits per heavy atom. The van der Waals surface area contributed by atoms with Crippen LogP contribution in [0.1, 0.15) is 15.2 Å². The fourth-order valence-electron chi connectivity index (χ4n) is 1.36. The second-order valence-corrected chi connectivity index (χ2v) is 4.85. The summed E-state index contributed by atoms with van der Waals surface area (Å²) in [6.45, 7) is 0. The first-order chi connectivity index (χ1) is 9.56. The molecule has 0 fully saturated rings. The Bertz CT molecular complexity index is 664. The Balaban J connectivity index is 1.97. The second-order valence-electron chi connectivity index (χ2n) is 3.75. The van der Waals surface area contributed by atoms with E-state index in [0.29, 0.717) is 16.1 Å². The van der Waals surface area contributed by atoms with E-state index in [2.05, 4.69) is 10.5 Å². The molecular formula is C12H10N4O3S. The molecular weight excluding hydrogens is 280 g/mol. The van der Waals surface area contributed by atoms with Crippen LogP contribution in [0.2, 0.25) is 0 Å². The first-order valence-corrected chi connectivity index (χ1v) is 6.31. The van der Waals surface area contributed by atoms with E-state index in [4.69, 9.17) is 5.73 Å². The molecule has 1 amide bonds. The maximum Gasteiger partial charge on any atom is 0.324 e. The fraction of sp³-hybridized carbons (Fsp3) is 0. The standard InChI is InChI=1S/C12H10N4O3S/c13-9-3-1-8(2-4-9)12(17)15-14-7-10-5-6-11(20-10)16(18)19/h1-7H,13H2,(H,15,17)/b14-7+. The number of amides is 1. The lowest BCUT2D eigenvalue weighted by atomic mass is 10.2. The monoisotopic (exact) mass is 290 g/mol. The van der Waals surface area contributed by atoms with Gasteiger partial charge in [-0.25, -0.2) is 5.43 Å². The summed E-state index contributed by atoms with van der Waals surface area (Å²) in [4.78, 5) is 22.3. The highest BCUT2D eigenvalue weighted by Crippen LogP contribution is 2.22. The summed E-state index contributed by atoms with van der Waals surface area (Å²) in [6.07, 6.45) is 1.35. The van der Waals surface area contributed by atoms with E-state index in [1.54, 1.807) is 30.3 Å². The highest BCUT2D eigenvalue weighted by atomic mass is 32.1. The number of benzene rings is 1. The van der Waals surface area contributed by atoms with Crippen LogP contribution in [-0.4, -0.2) is 17.0 Å². The first-order valence-electron chi connectivity index (χ1n) is 5.49. The van der Waals surface area contributed by atoms with Gasteiger partial charge in [0.25, 0.3) is 5.91 Å². The predicted octanol–water partition coefficient (Wildman–Crippen LogP) is 2.00. The van der Waals surface area contributed by atoms with Crippen LogP contribution in [0.25, 0.3) is 0 Å². The van der Waals surface area contributed by atoms with Crippen molar-refractivity contribution in [2.24, 2.45) is 5.10 Å². The van der Waals surface area contributed by atoms with E-state index < -0.39 is 4.92 Å². The molecule has 0 atom stereocenters. The van der Waals surface area contributed by atoms with Crippen LogP contribution in [0.5, 0.6) is 0 Å². The number of nitrogens with two attached hydrogens (primary N) is 1. The molecule has 20 heavy (non-hydrogen) atoms. The maximum atomic E-state index is 11.7. The van der Waals surface area contributed by atoms with Gasteiger partial charge >= 0.3 is 5.00 Å². The van der Waals surface area contributed by atoms with Gasteiger partial charge in [-0.05, 0) is 30.3 Å². The molecule has 1 aromatic carbocycles. The molecule has 2 aromatic rings. The highest BCUT2D eigenvalue weighted by molar-refractivity contribution is 7.16. The summed E-state index contributed by atoms with van der Waals surface area (Å²) in [5, 5.41) is 14.3. The average molecular weight is 290 g/mol. The Hall–Kier alpha value is -2.74. The van der Waals surface area contributed by atoms with Crippen molar-refractivity contribution in [3.05, 3.63) is 57.0 Å². The molecule has 0 saturated carbocycles. The van der Waals surface area contributed by atoms with Crippen LogP contribution in [0.4, 0.5) is 10.7 Å². The second kappa shape index (κ2) is 5.93. The third-order valence-electron chi connectivity index (χ3n) is 2.32. The molecule has 1 heterocycles. The third kappa shape index (κ3) is 3.39. The fourth-order valence-corrected chi connectivity index (χ4v) is 2.06. The van der Waals surface area contributed by atoms with Crippen LogP contribution in [-0.2, 0) is 0 Å². The number of carbonyl (C=O) groups is 1. The molecule has 1 aromatic heterocycles. The summed E-state index contributed by atoms with van der Waals surface area (Å²) in [5.41, 5.74) is 8.84. The lowest BCUT2D eigenvalue weighted by molar-refractivity contribution is -0.380. The number of thiophene rings is 1. The molecule has 0 spiro atoms. The molecule has 0 aliphatic carbocycles. The lowest BCUT2D eigenvalue weighted by Gasteiger charge is -1.99. The van der Waals surface area contributed by atoms with Gasteiger partial charge in [0.2, 0.25) is 0 Å². The minimum Gasteiger partial charge on any atom is -0.399 e. The van der Waals surface area contributed by atoms with Crippen LogP contribution in [0.15, 0.2) is 41.5 Å². The third-order valence-corrected chi connectivity index (χ3v) is 3.29. The summed E-state index contributed by atoms with van der Waals surface area (Å²) >= 11 is 0.974. The van der Waals surface area contributed by atoms with Crippen molar-refractivity contribution >= 4 is 34.1 Å². The molecule has 102 valence electrons. The molecule has 0 radical (unpaired) electrons. The van der Waals surface area contributed by atoms with Crippen molar-refractivity contribution < 1.29 is 9.72 Å². The van der Waals surface area contributed by atoms with E-state index in [9.17, 15) is 14.9 Å². The van der Waals surface area contributed by atoms with Gasteiger partial charge in [0.1, 0.15) is 0 Å². The van der Waals surface area contributed by atoms with Crippen molar-refractivity contribution in [2.45, 2.75) is 0 Å². The quantitative estimate of drug-likeness (QED) is 0.388. The van der Waals surface area contributed by atoms with Crippen molar-refractivity contribution in [3.63, 3.8) is 0 Å². The number of hydrazone groups is 1.